The lowest BCUT2D eigenvalue weighted by atomic mass is 9.79. The Kier molecular flexibility index (Phi) is 10.2. The summed E-state index contributed by atoms with van der Waals surface area (Å²) >= 11 is 0. The molecule has 0 radical (unpaired) electrons. The summed E-state index contributed by atoms with van der Waals surface area (Å²) in [7, 11) is 3.43. The molecule has 0 amide bonds. The third-order valence-electron chi connectivity index (χ3n) is 11.7. The molecule has 2 heterocycles. The summed E-state index contributed by atoms with van der Waals surface area (Å²) in [4.78, 5) is 2.70. The van der Waals surface area contributed by atoms with Crippen LogP contribution in [0.25, 0.3) is 0 Å². The minimum absolute atomic E-state index is 0.143. The van der Waals surface area contributed by atoms with Gasteiger partial charge >= 0.3 is 0 Å². The molecule has 5 nitrogen and oxygen atoms in total. The lowest BCUT2D eigenvalue weighted by Crippen LogP contribution is -2.43. The molecule has 0 saturated heterocycles. The Morgan fingerprint density at radius 1 is 0.544 bits per heavy atom. The highest BCUT2D eigenvalue weighted by molar-refractivity contribution is 5.53. The van der Waals surface area contributed by atoms with Gasteiger partial charge < -0.3 is 18.9 Å². The van der Waals surface area contributed by atoms with E-state index in [9.17, 15) is 0 Å². The topological polar surface area (TPSA) is 40.2 Å². The molecule has 0 aliphatic carbocycles. The van der Waals surface area contributed by atoms with Gasteiger partial charge in [-0.25, -0.2) is 0 Å². The molecule has 57 heavy (non-hydrogen) atoms. The van der Waals surface area contributed by atoms with Crippen LogP contribution in [0.5, 0.6) is 23.0 Å². The van der Waals surface area contributed by atoms with Crippen LogP contribution >= 0.6 is 0 Å². The molecular formula is C52H47NO4. The van der Waals surface area contributed by atoms with E-state index < -0.39 is 5.60 Å². The molecule has 2 aliphatic rings. The van der Waals surface area contributed by atoms with Crippen LogP contribution in [-0.2, 0) is 31.5 Å². The Balaban J connectivity index is 1.07. The van der Waals surface area contributed by atoms with Gasteiger partial charge in [0.15, 0.2) is 17.1 Å². The molecule has 0 spiro atoms. The largest absolute Gasteiger partial charge is 0.493 e. The summed E-state index contributed by atoms with van der Waals surface area (Å²) in [5.74, 6) is 3.27. The zero-order chi connectivity index (χ0) is 38.6. The van der Waals surface area contributed by atoms with Crippen molar-refractivity contribution in [3.63, 3.8) is 0 Å². The quantitative estimate of drug-likeness (QED) is 0.116. The summed E-state index contributed by atoms with van der Waals surface area (Å²) in [6.07, 6.45) is 2.70. The highest BCUT2D eigenvalue weighted by atomic mass is 16.5. The van der Waals surface area contributed by atoms with E-state index in [-0.39, 0.29) is 12.1 Å². The second-order valence-electron chi connectivity index (χ2n) is 15.0. The fourth-order valence-corrected chi connectivity index (χ4v) is 8.95. The van der Waals surface area contributed by atoms with Crippen LogP contribution < -0.4 is 18.9 Å². The standard InChI is InChI=1S/C52H47NO4/c1-54-50-33-40-29-30-53-48(46-34-45(56-36-38-15-7-3-8-16-38)28-25-39(46)32-49(53)47(40)35-51(50)55-2)31-37-23-26-44(27-24-37)57-52(41-17-9-4-10-18-41,42-19-11-5-12-20-42)43-21-13-6-14-22-43/h3-28,33-35,48-49H,29-32,36H2,1-2H3/t48-,49+/m1/s1. The number of rotatable bonds is 12. The van der Waals surface area contributed by atoms with Crippen molar-refractivity contribution in [2.24, 2.45) is 0 Å². The van der Waals surface area contributed by atoms with E-state index in [1.165, 1.54) is 27.8 Å². The van der Waals surface area contributed by atoms with Gasteiger partial charge in [0.1, 0.15) is 18.1 Å². The van der Waals surface area contributed by atoms with Crippen molar-refractivity contribution in [2.45, 2.75) is 43.6 Å². The van der Waals surface area contributed by atoms with Crippen molar-refractivity contribution in [1.82, 2.24) is 4.90 Å². The maximum absolute atomic E-state index is 7.26. The first-order valence-corrected chi connectivity index (χ1v) is 19.9. The van der Waals surface area contributed by atoms with Gasteiger partial charge in [-0.05, 0) is 89.0 Å². The molecule has 0 bridgehead atoms. The second-order valence-corrected chi connectivity index (χ2v) is 15.0. The molecule has 0 N–H and O–H groups in total. The summed E-state index contributed by atoms with van der Waals surface area (Å²) in [5.41, 5.74) is 10.1. The van der Waals surface area contributed by atoms with E-state index in [1.807, 2.05) is 6.07 Å². The van der Waals surface area contributed by atoms with Crippen molar-refractivity contribution in [1.29, 1.82) is 0 Å². The van der Waals surface area contributed by atoms with Gasteiger partial charge in [0, 0.05) is 35.3 Å². The monoisotopic (exact) mass is 749 g/mol. The predicted molar refractivity (Wildman–Crippen MR) is 226 cm³/mol. The summed E-state index contributed by atoms with van der Waals surface area (Å²) in [6, 6.07) is 62.2. The maximum Gasteiger partial charge on any atom is 0.184 e. The maximum atomic E-state index is 7.26. The minimum Gasteiger partial charge on any atom is -0.493 e. The average molecular weight is 750 g/mol. The first-order chi connectivity index (χ1) is 28.1. The number of fused-ring (bicyclic) bond motifs is 4. The van der Waals surface area contributed by atoms with Crippen LogP contribution in [-0.4, -0.2) is 25.7 Å². The molecule has 7 aromatic rings. The van der Waals surface area contributed by atoms with Crippen molar-refractivity contribution in [3.8, 4) is 23.0 Å². The first kappa shape index (κ1) is 36.3. The SMILES string of the molecule is COc1cc2c(cc1OC)[C@@H]1Cc3ccc(OCc4ccccc4)cc3[C@@H](Cc3ccc(OC(c4ccccc4)(c4ccccc4)c4ccccc4)cc3)N1CC2. The van der Waals surface area contributed by atoms with Crippen LogP contribution in [0, 0.1) is 0 Å². The van der Waals surface area contributed by atoms with E-state index >= 15 is 0 Å². The molecule has 5 heteroatoms. The van der Waals surface area contributed by atoms with Gasteiger partial charge in [-0.3, -0.25) is 4.90 Å². The summed E-state index contributed by atoms with van der Waals surface area (Å²) in [5, 5.41) is 0. The van der Waals surface area contributed by atoms with Gasteiger partial charge in [0.2, 0.25) is 0 Å². The summed E-state index contributed by atoms with van der Waals surface area (Å²) < 4.78 is 25.2. The van der Waals surface area contributed by atoms with Crippen LogP contribution in [0.4, 0.5) is 0 Å². The van der Waals surface area contributed by atoms with Crippen LogP contribution in [0.3, 0.4) is 0 Å². The van der Waals surface area contributed by atoms with Crippen molar-refractivity contribution in [2.75, 3.05) is 20.8 Å². The number of hydrogen-bond donors (Lipinski definition) is 0. The van der Waals surface area contributed by atoms with E-state index in [0.29, 0.717) is 6.61 Å². The highest BCUT2D eigenvalue weighted by Crippen LogP contribution is 2.48. The van der Waals surface area contributed by atoms with Crippen LogP contribution in [0.15, 0.2) is 176 Å². The van der Waals surface area contributed by atoms with Crippen molar-refractivity contribution < 1.29 is 18.9 Å². The Labute approximate surface area is 336 Å². The zero-order valence-corrected chi connectivity index (χ0v) is 32.5. The third kappa shape index (κ3) is 7.16. The smallest absolute Gasteiger partial charge is 0.184 e. The van der Waals surface area contributed by atoms with E-state index in [2.05, 4.69) is 175 Å². The van der Waals surface area contributed by atoms with E-state index in [1.54, 1.807) is 14.2 Å². The predicted octanol–water partition coefficient (Wildman–Crippen LogP) is 11.1. The average Bonchev–Trinajstić information content (AvgIpc) is 3.28. The third-order valence-corrected chi connectivity index (χ3v) is 11.7. The van der Waals surface area contributed by atoms with Gasteiger partial charge in [0.25, 0.3) is 0 Å². The Morgan fingerprint density at radius 2 is 1.11 bits per heavy atom. The lowest BCUT2D eigenvalue weighted by molar-refractivity contribution is 0.106. The van der Waals surface area contributed by atoms with Gasteiger partial charge in [-0.1, -0.05) is 140 Å². The molecule has 2 aliphatic heterocycles. The number of ether oxygens (including phenoxy) is 4. The van der Waals surface area contributed by atoms with Crippen LogP contribution in [0.1, 0.15) is 62.2 Å². The van der Waals surface area contributed by atoms with Gasteiger partial charge in [-0.2, -0.15) is 0 Å². The Bertz CT molecular complexity index is 2320. The van der Waals surface area contributed by atoms with Crippen molar-refractivity contribution in [3.05, 3.63) is 226 Å². The van der Waals surface area contributed by atoms with Crippen molar-refractivity contribution >= 4 is 0 Å². The van der Waals surface area contributed by atoms with E-state index in [4.69, 9.17) is 18.9 Å². The first-order valence-electron chi connectivity index (χ1n) is 19.9. The molecular weight excluding hydrogens is 703 g/mol. The molecule has 9 rings (SSSR count). The fraction of sp³-hybridized carbons (Fsp3) is 0.192. The Morgan fingerprint density at radius 3 is 1.70 bits per heavy atom. The molecule has 0 saturated carbocycles. The van der Waals surface area contributed by atoms with E-state index in [0.717, 1.165) is 71.1 Å². The molecule has 0 aromatic heterocycles. The number of nitrogens with zero attached hydrogens (tertiary/aromatic N) is 1. The number of benzene rings is 7. The zero-order valence-electron chi connectivity index (χ0n) is 32.5. The summed E-state index contributed by atoms with van der Waals surface area (Å²) in [6.45, 7) is 1.48. The minimum atomic E-state index is -0.845. The van der Waals surface area contributed by atoms with Crippen LogP contribution in [0.2, 0.25) is 0 Å². The molecule has 7 aromatic carbocycles. The number of methoxy groups -OCH3 is 2. The normalized spacial score (nSPS) is 16.1. The van der Waals surface area contributed by atoms with Gasteiger partial charge in [0.05, 0.1) is 14.2 Å². The fourth-order valence-electron chi connectivity index (χ4n) is 8.95. The number of hydrogen-bond acceptors (Lipinski definition) is 5. The molecule has 0 unspecified atom stereocenters. The molecule has 0 fully saturated rings. The highest BCUT2D eigenvalue weighted by Gasteiger charge is 2.41. The van der Waals surface area contributed by atoms with Gasteiger partial charge in [-0.15, -0.1) is 0 Å². The molecule has 284 valence electrons. The molecule has 2 atom stereocenters. The lowest BCUT2D eigenvalue weighted by Gasteiger charge is -2.47. The Hall–Kier alpha value is -6.30. The second kappa shape index (κ2) is 16.0.